The van der Waals surface area contributed by atoms with E-state index < -0.39 is 42.1 Å². The summed E-state index contributed by atoms with van der Waals surface area (Å²) in [4.78, 5) is 118. The van der Waals surface area contributed by atoms with E-state index in [1.807, 2.05) is 72.8 Å². The van der Waals surface area contributed by atoms with E-state index in [2.05, 4.69) is 50.8 Å². The van der Waals surface area contributed by atoms with Crippen LogP contribution < -0.4 is 55.0 Å². The molecule has 2 aliphatic rings. The molecule has 0 heterocycles. The minimum Gasteiger partial charge on any atom is -0.496 e. The molecule has 9 rings (SSSR count). The lowest BCUT2D eigenvalue weighted by atomic mass is 9.98. The second-order valence-electron chi connectivity index (χ2n) is 22.0. The van der Waals surface area contributed by atoms with Gasteiger partial charge in [0.05, 0.1) is 70.9 Å². The number of hydrogen-bond acceptors (Lipinski definition) is 18. The number of nitrogens with zero attached hydrogens (tertiary/aromatic N) is 1. The molecule has 7 aromatic rings. The average molecular weight is 1340 g/mol. The van der Waals surface area contributed by atoms with Gasteiger partial charge in [0.2, 0.25) is 11.8 Å². The molecule has 0 radical (unpaired) electrons. The zero-order valence-corrected chi connectivity index (χ0v) is 54.9. The summed E-state index contributed by atoms with van der Waals surface area (Å²) in [5, 5.41) is 21.2. The minimum absolute atomic E-state index is 0.00227. The Morgan fingerprint density at radius 3 is 1.27 bits per heavy atom. The number of carbonyl (C=O) groups excluding carboxylic acids is 8. The molecule has 25 heteroatoms. The molecular weight excluding hydrogens is 1260 g/mol. The van der Waals surface area contributed by atoms with Gasteiger partial charge in [-0.05, 0) is 93.7 Å². The largest absolute Gasteiger partial charge is 0.496 e. The molecule has 0 saturated carbocycles. The van der Waals surface area contributed by atoms with E-state index in [1.54, 1.807) is 54.6 Å². The summed E-state index contributed by atoms with van der Waals surface area (Å²) in [6.07, 6.45) is 1.98. The van der Waals surface area contributed by atoms with Crippen molar-refractivity contribution < 1.29 is 90.9 Å². The van der Waals surface area contributed by atoms with Crippen LogP contribution in [0.4, 0.5) is 9.59 Å². The number of carbonyl (C=O) groups is 9. The summed E-state index contributed by atoms with van der Waals surface area (Å²) < 4.78 is 43.6. The third kappa shape index (κ3) is 20.7. The third-order valence-electron chi connectivity index (χ3n) is 15.8. The highest BCUT2D eigenvalue weighted by Crippen LogP contribution is 2.46. The van der Waals surface area contributed by atoms with E-state index in [0.717, 1.165) is 44.5 Å². The van der Waals surface area contributed by atoms with Crippen LogP contribution >= 0.6 is 0 Å². The van der Waals surface area contributed by atoms with Crippen LogP contribution in [0.2, 0.25) is 0 Å². The van der Waals surface area contributed by atoms with Crippen LogP contribution in [-0.4, -0.2) is 165 Å². The van der Waals surface area contributed by atoms with Crippen molar-refractivity contribution in [2.75, 3.05) is 88.1 Å². The van der Waals surface area contributed by atoms with Crippen LogP contribution in [-0.2, 0) is 28.7 Å². The van der Waals surface area contributed by atoms with Crippen molar-refractivity contribution in [1.82, 2.24) is 26.6 Å². The highest BCUT2D eigenvalue weighted by molar-refractivity contribution is 5.87. The molecule has 6 N–H and O–H groups in total. The van der Waals surface area contributed by atoms with E-state index in [0.29, 0.717) is 101 Å². The maximum atomic E-state index is 12.8. The predicted octanol–water partition coefficient (Wildman–Crippen LogP) is 8.90. The number of rotatable bonds is 33. The Kier molecular flexibility index (Phi) is 28.6. The fourth-order valence-electron chi connectivity index (χ4n) is 10.8. The number of methoxy groups -OCH3 is 3. The quantitative estimate of drug-likeness (QED) is 0.0127. The number of nitrogens with one attached hydrogen (secondary N) is 5. The van der Waals surface area contributed by atoms with Crippen LogP contribution in [0, 0.1) is 4.91 Å². The molecule has 0 aliphatic heterocycles. The van der Waals surface area contributed by atoms with Crippen molar-refractivity contribution in [2.24, 2.45) is 0 Å². The molecule has 0 unspecified atom stereocenters. The number of likely N-dealkylation sites (N-methyl/N-ethyl adjacent to an activating group) is 2. The van der Waals surface area contributed by atoms with Crippen LogP contribution in [0.25, 0.3) is 22.3 Å². The van der Waals surface area contributed by atoms with Crippen molar-refractivity contribution in [3.8, 4) is 56.8 Å². The molecular formula is C73H79N6O19+. The lowest BCUT2D eigenvalue weighted by Gasteiger charge is -2.20. The van der Waals surface area contributed by atoms with E-state index in [1.165, 1.54) is 35.4 Å². The van der Waals surface area contributed by atoms with E-state index in [9.17, 15) is 48.1 Å². The van der Waals surface area contributed by atoms with E-state index >= 15 is 0 Å². The van der Waals surface area contributed by atoms with E-state index in [-0.39, 0.29) is 76.6 Å². The molecule has 25 nitrogen and oxygen atoms in total. The zero-order valence-electron chi connectivity index (χ0n) is 54.9. The maximum absolute atomic E-state index is 12.8. The highest BCUT2D eigenvalue weighted by atomic mass is 16.6. The summed E-state index contributed by atoms with van der Waals surface area (Å²) in [6, 6.07) is 44.5. The molecule has 2 atom stereocenters. The molecule has 7 aromatic carbocycles. The van der Waals surface area contributed by atoms with Gasteiger partial charge in [0.25, 0.3) is 11.9 Å². The standard InChI is InChI=1S/C34H31N3O5.C27H33N3O9.C12H14O5/c1-35-32(38)31(37-34(40)42-20-30-27-16-8-4-12-23(27)24-13-5-9-17-28(24)30)18-36-33(39)41-19-29-25-14-6-2-10-21(25)22-11-3-7-15-26(22)29;1-28-27(34)23(30(35)11-5-13-39-22-10-8-20(18-32)25(15-22)37-3)16-29-26(33)6-4-12-38-21-9-7-19(17-31)24(14-21)36-2;1-16-11-7-10(5-4-9(11)8-13)17-6-2-3-12(14)15/h2-17,29-31H,18-20H2,1H3,(H,35,38)(H,36,39)(H,37,40);7-10,14-15,17-18,23H,4-6,11-13,16H2,1-3H3,(H-,28,29,33,34);4-5,7-8H,2-3,6H2,1H3,(H,14,15)/p+1/t31-;23-;/m00./s1. The third-order valence-corrected chi connectivity index (χ3v) is 15.8. The van der Waals surface area contributed by atoms with Crippen LogP contribution in [0.1, 0.15) is 97.3 Å². The van der Waals surface area contributed by atoms with Crippen molar-refractivity contribution in [3.63, 3.8) is 0 Å². The van der Waals surface area contributed by atoms with Crippen LogP contribution in [0.5, 0.6) is 34.5 Å². The van der Waals surface area contributed by atoms with Crippen molar-refractivity contribution in [2.45, 2.75) is 56.0 Å². The first-order chi connectivity index (χ1) is 47.6. The summed E-state index contributed by atoms with van der Waals surface area (Å²) in [5.41, 5.74) is 10.1. The van der Waals surface area contributed by atoms with Gasteiger partial charge in [-0.25, -0.2) is 9.59 Å². The Morgan fingerprint density at radius 2 is 0.878 bits per heavy atom. The first-order valence-electron chi connectivity index (χ1n) is 31.4. The van der Waals surface area contributed by atoms with Gasteiger partial charge < -0.3 is 69.6 Å². The number of hydrogen-bond donors (Lipinski definition) is 6. The summed E-state index contributed by atoms with van der Waals surface area (Å²) >= 11 is 0. The van der Waals surface area contributed by atoms with Gasteiger partial charge in [-0.2, -0.15) is 0 Å². The van der Waals surface area contributed by atoms with Gasteiger partial charge in [0.1, 0.15) is 53.8 Å². The van der Waals surface area contributed by atoms with Crippen molar-refractivity contribution in [3.05, 3.63) is 196 Å². The van der Waals surface area contributed by atoms with Crippen molar-refractivity contribution in [1.29, 1.82) is 0 Å². The molecule has 0 fully saturated rings. The number of benzene rings is 7. The van der Waals surface area contributed by atoms with Gasteiger partial charge in [-0.15, -0.1) is 0 Å². The number of aliphatic carboxylic acids is 1. The Hall–Kier alpha value is -11.6. The fraction of sp³-hybridized carbons (Fsp3) is 0.301. The number of carboxylic acid groups (broad SMARTS) is 1. The first kappa shape index (κ1) is 73.8. The minimum atomic E-state index is -1.11. The van der Waals surface area contributed by atoms with Gasteiger partial charge in [-0.1, -0.05) is 97.1 Å². The normalized spacial score (nSPS) is 11.9. The number of nitroso groups, excluding NO2 is 1. The molecule has 514 valence electrons. The molecule has 0 spiro atoms. The Bertz CT molecular complexity index is 3840. The summed E-state index contributed by atoms with van der Waals surface area (Å²) in [5.74, 6) is 0.385. The monoisotopic (exact) mass is 1340 g/mol. The fourth-order valence-corrected chi connectivity index (χ4v) is 10.8. The second-order valence-corrected chi connectivity index (χ2v) is 22.0. The predicted molar refractivity (Wildman–Crippen MR) is 361 cm³/mol. The van der Waals surface area contributed by atoms with Gasteiger partial charge >= 0.3 is 18.2 Å². The molecule has 0 bridgehead atoms. The second kappa shape index (κ2) is 38.1. The smallest absolute Gasteiger partial charge is 0.407 e. The van der Waals surface area contributed by atoms with Gasteiger partial charge in [0, 0.05) is 73.1 Å². The van der Waals surface area contributed by atoms with Crippen LogP contribution in [0.3, 0.4) is 0 Å². The topological polar surface area (TPSA) is 328 Å². The highest BCUT2D eigenvalue weighted by Gasteiger charge is 2.34. The summed E-state index contributed by atoms with van der Waals surface area (Å²) in [6.45, 7) is 0.684. The Morgan fingerprint density at radius 1 is 0.490 bits per heavy atom. The molecule has 0 aromatic heterocycles. The molecule has 0 saturated heterocycles. The number of ether oxygens (including phenoxy) is 8. The number of alkyl carbamates (subject to hydrolysis) is 2. The Labute approximate surface area is 566 Å². The van der Waals surface area contributed by atoms with E-state index in [4.69, 9.17) is 43.0 Å². The average Bonchev–Trinajstić information content (AvgIpc) is 1.63. The molecule has 5 amide bonds. The maximum Gasteiger partial charge on any atom is 0.407 e. The number of amides is 5. The van der Waals surface area contributed by atoms with Crippen LogP contribution in [0.15, 0.2) is 152 Å². The lowest BCUT2D eigenvalue weighted by molar-refractivity contribution is -0.571. The van der Waals surface area contributed by atoms with Gasteiger partial charge in [0.15, 0.2) is 25.4 Å². The zero-order chi connectivity index (χ0) is 70.3. The molecule has 98 heavy (non-hydrogen) atoms. The van der Waals surface area contributed by atoms with Gasteiger partial charge in [-0.3, -0.25) is 33.6 Å². The first-order valence-corrected chi connectivity index (χ1v) is 31.4. The number of aldehydes is 3. The summed E-state index contributed by atoms with van der Waals surface area (Å²) in [7, 11) is 7.24. The van der Waals surface area contributed by atoms with Crippen molar-refractivity contribution >= 4 is 54.7 Å². The Balaban J connectivity index is 0.000000225. The number of fused-ring (bicyclic) bond motifs is 6. The number of carboxylic acids is 1. The molecule has 2 aliphatic carbocycles. The SMILES string of the molecule is CNC(=O)[C@H](CNC(=O)CCCOc1ccc(C=O)c(OC)c1)[N+](=O)CCCOc1ccc(C=O)c(OC)c1.CNC(=O)[C@H](CNC(=O)OCC1c2ccccc2-c2ccccc21)NC(=O)OCC1c2ccccc2-c2ccccc21.COc1cc(OCCCC(=O)O)ccc1C=O. The lowest BCUT2D eigenvalue weighted by Crippen LogP contribution is -2.52.